The Morgan fingerprint density at radius 3 is 1.48 bits per heavy atom. The van der Waals surface area contributed by atoms with E-state index in [2.05, 4.69) is 12.2 Å². The first-order valence-electron chi connectivity index (χ1n) is 20.4. The molecule has 8 nitrogen and oxygen atoms in total. The lowest BCUT2D eigenvalue weighted by Crippen LogP contribution is -2.42. The van der Waals surface area contributed by atoms with Crippen molar-refractivity contribution in [2.75, 3.05) is 6.61 Å². The Kier molecular flexibility index (Phi) is 28.8. The van der Waals surface area contributed by atoms with Crippen molar-refractivity contribution in [3.63, 3.8) is 0 Å². The molecule has 6 atom stereocenters. The molecule has 1 rings (SSSR count). The van der Waals surface area contributed by atoms with Crippen LogP contribution in [0.2, 0.25) is 0 Å². The third-order valence-corrected chi connectivity index (χ3v) is 10.5. The van der Waals surface area contributed by atoms with E-state index in [1.165, 1.54) is 19.3 Å². The molecule has 48 heavy (non-hydrogen) atoms. The quantitative estimate of drug-likeness (QED) is 0.0387. The molecular formula is C40H77NO7. The molecule has 1 fully saturated rings. The van der Waals surface area contributed by atoms with Crippen molar-refractivity contribution in [3.05, 3.63) is 0 Å². The van der Waals surface area contributed by atoms with Crippen LogP contribution in [0, 0.1) is 5.92 Å². The molecule has 0 bridgehead atoms. The predicted octanol–water partition coefficient (Wildman–Crippen LogP) is 7.83. The van der Waals surface area contributed by atoms with Crippen LogP contribution < -0.4 is 5.32 Å². The molecule has 0 aromatic carbocycles. The molecule has 1 aliphatic rings. The number of hydrogen-bond donors (Lipinski definition) is 6. The van der Waals surface area contributed by atoms with Gasteiger partial charge in [0.15, 0.2) is 0 Å². The van der Waals surface area contributed by atoms with Gasteiger partial charge in [-0.3, -0.25) is 9.59 Å². The Morgan fingerprint density at radius 2 is 0.979 bits per heavy atom. The Bertz CT molecular complexity index is 704. The van der Waals surface area contributed by atoms with Crippen LogP contribution in [0.25, 0.3) is 0 Å². The molecule has 1 aliphatic carbocycles. The van der Waals surface area contributed by atoms with E-state index in [4.69, 9.17) is 5.11 Å². The standard InChI is InChI=1S/C40H77NO7/c1-2-3-4-7-15-26-36(44)37(45)27-16-9-5-8-14-24-34(43)32-33-23-20-21-25-35(33)41-40(48)30-19-11-6-10-17-28-38(46)39(47)29-18-12-13-22-31-42/h33,35-39,42,44-47H,2-32H2,1H3,(H,41,48)/t33-,35-,36?,37?,38?,39?/m0/s1. The van der Waals surface area contributed by atoms with Gasteiger partial charge in [-0.25, -0.2) is 0 Å². The highest BCUT2D eigenvalue weighted by Crippen LogP contribution is 2.28. The van der Waals surface area contributed by atoms with Crippen molar-refractivity contribution in [1.82, 2.24) is 5.32 Å². The van der Waals surface area contributed by atoms with Gasteiger partial charge in [0.1, 0.15) is 5.78 Å². The summed E-state index contributed by atoms with van der Waals surface area (Å²) in [5, 5.41) is 52.8. The lowest BCUT2D eigenvalue weighted by atomic mass is 9.80. The Hall–Kier alpha value is -1.06. The van der Waals surface area contributed by atoms with Crippen LogP contribution in [0.5, 0.6) is 0 Å². The average molecular weight is 684 g/mol. The second kappa shape index (κ2) is 30.7. The van der Waals surface area contributed by atoms with Gasteiger partial charge in [-0.2, -0.15) is 0 Å². The van der Waals surface area contributed by atoms with E-state index < -0.39 is 24.4 Å². The number of ketones is 1. The zero-order chi connectivity index (χ0) is 35.2. The number of unbranched alkanes of at least 4 members (excludes halogenated alkanes) is 15. The Morgan fingerprint density at radius 1 is 0.562 bits per heavy atom. The number of hydrogen-bond acceptors (Lipinski definition) is 7. The molecule has 1 amide bonds. The first-order chi connectivity index (χ1) is 23.3. The van der Waals surface area contributed by atoms with E-state index in [0.717, 1.165) is 128 Å². The van der Waals surface area contributed by atoms with Gasteiger partial charge in [-0.1, -0.05) is 122 Å². The van der Waals surface area contributed by atoms with Crippen molar-refractivity contribution in [2.45, 2.75) is 230 Å². The van der Waals surface area contributed by atoms with Gasteiger partial charge in [-0.05, 0) is 63.7 Å². The zero-order valence-corrected chi connectivity index (χ0v) is 30.9. The normalized spacial score (nSPS) is 19.1. The number of nitrogens with one attached hydrogen (secondary N) is 1. The van der Waals surface area contributed by atoms with Crippen molar-refractivity contribution >= 4 is 11.7 Å². The molecule has 8 heteroatoms. The van der Waals surface area contributed by atoms with Gasteiger partial charge in [0.2, 0.25) is 5.91 Å². The Labute approximate surface area is 294 Å². The number of amides is 1. The monoisotopic (exact) mass is 684 g/mol. The summed E-state index contributed by atoms with van der Waals surface area (Å²) in [7, 11) is 0. The SMILES string of the molecule is CCCCCCCC(O)C(O)CCCCCCCC(=O)C[C@@H]1CCCC[C@@H]1NC(=O)CCCCCCCC(O)C(O)CCCCCCO. The molecule has 1 saturated carbocycles. The summed E-state index contributed by atoms with van der Waals surface area (Å²) in [6, 6.07) is 0.107. The maximum absolute atomic E-state index is 12.8. The lowest BCUT2D eigenvalue weighted by Gasteiger charge is -2.32. The average Bonchev–Trinajstić information content (AvgIpc) is 3.07. The van der Waals surface area contributed by atoms with Crippen LogP contribution in [0.15, 0.2) is 0 Å². The molecule has 4 unspecified atom stereocenters. The fraction of sp³-hybridized carbons (Fsp3) is 0.950. The molecule has 0 aromatic heterocycles. The number of carbonyl (C=O) groups excluding carboxylic acids is 2. The number of carbonyl (C=O) groups is 2. The fourth-order valence-electron chi connectivity index (χ4n) is 7.24. The molecule has 0 aliphatic heterocycles. The molecular weight excluding hydrogens is 606 g/mol. The Balaban J connectivity index is 2.10. The van der Waals surface area contributed by atoms with Crippen molar-refractivity contribution in [3.8, 4) is 0 Å². The van der Waals surface area contributed by atoms with E-state index in [-0.39, 0.29) is 24.5 Å². The van der Waals surface area contributed by atoms with Gasteiger partial charge in [0.05, 0.1) is 24.4 Å². The predicted molar refractivity (Wildman–Crippen MR) is 196 cm³/mol. The topological polar surface area (TPSA) is 147 Å². The molecule has 0 spiro atoms. The van der Waals surface area contributed by atoms with Crippen LogP contribution in [0.1, 0.15) is 200 Å². The molecule has 0 radical (unpaired) electrons. The fourth-order valence-corrected chi connectivity index (χ4v) is 7.24. The molecule has 0 heterocycles. The van der Waals surface area contributed by atoms with Gasteiger partial charge in [-0.15, -0.1) is 0 Å². The minimum absolute atomic E-state index is 0.0986. The highest BCUT2D eigenvalue weighted by atomic mass is 16.3. The second-order valence-electron chi connectivity index (χ2n) is 15.0. The highest BCUT2D eigenvalue weighted by molar-refractivity contribution is 5.79. The van der Waals surface area contributed by atoms with E-state index in [9.17, 15) is 30.0 Å². The van der Waals surface area contributed by atoms with Crippen LogP contribution in [-0.2, 0) is 9.59 Å². The first-order valence-corrected chi connectivity index (χ1v) is 20.4. The molecule has 6 N–H and O–H groups in total. The second-order valence-corrected chi connectivity index (χ2v) is 15.0. The van der Waals surface area contributed by atoms with Gasteiger partial charge < -0.3 is 30.8 Å². The number of rotatable bonds is 33. The first kappa shape index (κ1) is 45.0. The smallest absolute Gasteiger partial charge is 0.220 e. The third kappa shape index (κ3) is 24.2. The molecule has 284 valence electrons. The van der Waals surface area contributed by atoms with E-state index in [0.29, 0.717) is 50.7 Å². The maximum atomic E-state index is 12.8. The van der Waals surface area contributed by atoms with Crippen molar-refractivity contribution in [1.29, 1.82) is 0 Å². The third-order valence-electron chi connectivity index (χ3n) is 10.5. The molecule has 0 saturated heterocycles. The summed E-state index contributed by atoms with van der Waals surface area (Å²) in [5.74, 6) is 0.660. The summed E-state index contributed by atoms with van der Waals surface area (Å²) in [4.78, 5) is 25.5. The molecule has 0 aromatic rings. The maximum Gasteiger partial charge on any atom is 0.220 e. The summed E-state index contributed by atoms with van der Waals surface area (Å²) >= 11 is 0. The van der Waals surface area contributed by atoms with E-state index in [1.807, 2.05) is 0 Å². The minimum atomic E-state index is -0.671. The van der Waals surface area contributed by atoms with Crippen molar-refractivity contribution < 1.29 is 35.1 Å². The van der Waals surface area contributed by atoms with Gasteiger partial charge >= 0.3 is 0 Å². The lowest BCUT2D eigenvalue weighted by molar-refractivity contribution is -0.124. The number of aliphatic hydroxyl groups is 5. The summed E-state index contributed by atoms with van der Waals surface area (Å²) in [5.41, 5.74) is 0. The summed E-state index contributed by atoms with van der Waals surface area (Å²) in [6.45, 7) is 2.40. The van der Waals surface area contributed by atoms with Crippen LogP contribution in [0.3, 0.4) is 0 Å². The van der Waals surface area contributed by atoms with E-state index >= 15 is 0 Å². The highest BCUT2D eigenvalue weighted by Gasteiger charge is 2.28. The summed E-state index contributed by atoms with van der Waals surface area (Å²) in [6.07, 6.45) is 24.9. The zero-order valence-electron chi connectivity index (χ0n) is 30.9. The van der Waals surface area contributed by atoms with Gasteiger partial charge in [0.25, 0.3) is 0 Å². The number of Topliss-reactive ketones (excluding diaryl/α,β-unsaturated/α-hetero) is 1. The van der Waals surface area contributed by atoms with Crippen LogP contribution >= 0.6 is 0 Å². The summed E-state index contributed by atoms with van der Waals surface area (Å²) < 4.78 is 0. The van der Waals surface area contributed by atoms with Gasteiger partial charge in [0, 0.05) is 31.9 Å². The van der Waals surface area contributed by atoms with Crippen LogP contribution in [0.4, 0.5) is 0 Å². The number of aliphatic hydroxyl groups excluding tert-OH is 5. The van der Waals surface area contributed by atoms with Crippen LogP contribution in [-0.4, -0.2) is 74.3 Å². The van der Waals surface area contributed by atoms with E-state index in [1.54, 1.807) is 0 Å². The largest absolute Gasteiger partial charge is 0.396 e. The minimum Gasteiger partial charge on any atom is -0.396 e. The van der Waals surface area contributed by atoms with Crippen molar-refractivity contribution in [2.24, 2.45) is 5.92 Å².